The second kappa shape index (κ2) is 8.84. The van der Waals surface area contributed by atoms with E-state index in [-0.39, 0.29) is 0 Å². The Morgan fingerprint density at radius 1 is 1.18 bits per heavy atom. The molecule has 0 bridgehead atoms. The highest BCUT2D eigenvalue weighted by Gasteiger charge is 2.27. The van der Waals surface area contributed by atoms with E-state index in [1.807, 2.05) is 55.5 Å². The quantitative estimate of drug-likeness (QED) is 0.780. The van der Waals surface area contributed by atoms with Crippen LogP contribution in [0.4, 0.5) is 0 Å². The summed E-state index contributed by atoms with van der Waals surface area (Å²) in [6.07, 6.45) is 0. The largest absolute Gasteiger partial charge is 0.497 e. The molecule has 0 fully saturated rings. The smallest absolute Gasteiger partial charge is 0.248 e. The highest BCUT2D eigenvalue weighted by Crippen LogP contribution is 2.33. The molecule has 7 heteroatoms. The Morgan fingerprint density at radius 2 is 1.93 bits per heavy atom. The zero-order chi connectivity index (χ0) is 20.1. The number of carbonyl (C=O) groups is 1. The van der Waals surface area contributed by atoms with Crippen molar-refractivity contribution < 1.29 is 14.3 Å². The number of ether oxygens (including phenoxy) is 2. The van der Waals surface area contributed by atoms with Gasteiger partial charge in [-0.25, -0.2) is 4.99 Å². The van der Waals surface area contributed by atoms with Crippen LogP contribution in [0.1, 0.15) is 24.1 Å². The molecule has 0 saturated heterocycles. The molecule has 3 N–H and O–H groups in total. The first-order valence-corrected chi connectivity index (χ1v) is 9.76. The first-order chi connectivity index (χ1) is 13.5. The van der Waals surface area contributed by atoms with Crippen molar-refractivity contribution in [2.75, 3.05) is 14.2 Å². The maximum atomic E-state index is 12.0. The van der Waals surface area contributed by atoms with Crippen molar-refractivity contribution in [2.24, 2.45) is 10.7 Å². The minimum atomic E-state index is -0.471. The lowest BCUT2D eigenvalue weighted by molar-refractivity contribution is -0.114. The van der Waals surface area contributed by atoms with E-state index < -0.39 is 11.9 Å². The average molecular weight is 398 g/mol. The Balaban J connectivity index is 1.86. The second-order valence-corrected chi connectivity index (χ2v) is 7.21. The van der Waals surface area contributed by atoms with Gasteiger partial charge in [0.2, 0.25) is 5.91 Å². The van der Waals surface area contributed by atoms with Crippen molar-refractivity contribution in [3.05, 3.63) is 70.9 Å². The molecule has 0 aromatic heterocycles. The molecule has 146 valence electrons. The standard InChI is InChI=1S/C21H23N3O3S/c1-13-18(20(22)25)19(14-7-5-4-6-8-14)24-21(23-13)28-12-15-11-16(26-2)9-10-17(15)27-3/h4-11,19H,12H2,1-3H3,(H2,22,25)(H,23,24). The fourth-order valence-corrected chi connectivity index (χ4v) is 3.98. The highest BCUT2D eigenvalue weighted by molar-refractivity contribution is 8.13. The number of carbonyl (C=O) groups excluding carboxylic acids is 1. The molecule has 2 aromatic rings. The molecule has 6 nitrogen and oxygen atoms in total. The molecular formula is C21H23N3O3S. The number of aliphatic imine (C=N–C) groups is 1. The van der Waals surface area contributed by atoms with E-state index >= 15 is 0 Å². The van der Waals surface area contributed by atoms with Crippen LogP contribution in [0, 0.1) is 0 Å². The Morgan fingerprint density at radius 3 is 2.57 bits per heavy atom. The minimum Gasteiger partial charge on any atom is -0.497 e. The highest BCUT2D eigenvalue weighted by atomic mass is 32.2. The van der Waals surface area contributed by atoms with E-state index in [1.165, 1.54) is 11.8 Å². The van der Waals surface area contributed by atoms with Crippen LogP contribution < -0.4 is 20.5 Å². The molecule has 0 aliphatic carbocycles. The van der Waals surface area contributed by atoms with Gasteiger partial charge in [0.05, 0.1) is 19.8 Å². The molecule has 1 unspecified atom stereocenters. The number of hydrogen-bond acceptors (Lipinski definition) is 6. The van der Waals surface area contributed by atoms with Crippen LogP contribution in [0.3, 0.4) is 0 Å². The molecule has 0 radical (unpaired) electrons. The van der Waals surface area contributed by atoms with Crippen LogP contribution in [0.15, 0.2) is 64.8 Å². The van der Waals surface area contributed by atoms with Gasteiger partial charge in [-0.2, -0.15) is 0 Å². The maximum absolute atomic E-state index is 12.0. The average Bonchev–Trinajstić information content (AvgIpc) is 2.71. The number of hydrogen-bond donors (Lipinski definition) is 2. The number of amides is 1. The monoisotopic (exact) mass is 397 g/mol. The van der Waals surface area contributed by atoms with Gasteiger partial charge in [0.1, 0.15) is 17.5 Å². The zero-order valence-corrected chi connectivity index (χ0v) is 16.9. The fraction of sp³-hybridized carbons (Fsp3) is 0.238. The fourth-order valence-electron chi connectivity index (χ4n) is 3.06. The summed E-state index contributed by atoms with van der Waals surface area (Å²) in [7, 11) is 3.28. The summed E-state index contributed by atoms with van der Waals surface area (Å²) in [4.78, 5) is 16.8. The predicted molar refractivity (Wildman–Crippen MR) is 112 cm³/mol. The lowest BCUT2D eigenvalue weighted by Crippen LogP contribution is -2.32. The number of amidine groups is 1. The summed E-state index contributed by atoms with van der Waals surface area (Å²) in [6.45, 7) is 1.84. The molecule has 28 heavy (non-hydrogen) atoms. The molecule has 1 heterocycles. The summed E-state index contributed by atoms with van der Waals surface area (Å²) >= 11 is 1.53. The van der Waals surface area contributed by atoms with Crippen molar-refractivity contribution in [1.82, 2.24) is 5.32 Å². The molecule has 1 aliphatic rings. The zero-order valence-electron chi connectivity index (χ0n) is 16.1. The Hall–Kier alpha value is -2.93. The van der Waals surface area contributed by atoms with Crippen molar-refractivity contribution in [1.29, 1.82) is 0 Å². The van der Waals surface area contributed by atoms with E-state index in [9.17, 15) is 4.79 Å². The Kier molecular flexibility index (Phi) is 6.26. The van der Waals surface area contributed by atoms with Crippen LogP contribution in [-0.2, 0) is 10.5 Å². The third kappa shape index (κ3) is 4.31. The molecule has 2 aromatic carbocycles. The van der Waals surface area contributed by atoms with Gasteiger partial charge in [0, 0.05) is 17.0 Å². The number of primary amides is 1. The number of benzene rings is 2. The first-order valence-electron chi connectivity index (χ1n) is 8.77. The summed E-state index contributed by atoms with van der Waals surface area (Å²) in [6, 6.07) is 14.9. The summed E-state index contributed by atoms with van der Waals surface area (Å²) in [5.74, 6) is 1.71. The van der Waals surface area contributed by atoms with Gasteiger partial charge in [0.25, 0.3) is 0 Å². The predicted octanol–water partition coefficient (Wildman–Crippen LogP) is 3.40. The van der Waals surface area contributed by atoms with Crippen molar-refractivity contribution in [3.8, 4) is 11.5 Å². The lowest BCUT2D eigenvalue weighted by atomic mass is 9.96. The number of thioether (sulfide) groups is 1. The van der Waals surface area contributed by atoms with Gasteiger partial charge in [-0.15, -0.1) is 0 Å². The summed E-state index contributed by atoms with van der Waals surface area (Å²) < 4.78 is 10.8. The van der Waals surface area contributed by atoms with Gasteiger partial charge in [-0.05, 0) is 30.7 Å². The molecule has 0 spiro atoms. The van der Waals surface area contributed by atoms with Crippen LogP contribution >= 0.6 is 11.8 Å². The number of methoxy groups -OCH3 is 2. The third-order valence-corrected chi connectivity index (χ3v) is 5.39. The molecular weight excluding hydrogens is 374 g/mol. The maximum Gasteiger partial charge on any atom is 0.248 e. The topological polar surface area (TPSA) is 85.9 Å². The van der Waals surface area contributed by atoms with Gasteiger partial charge in [-0.1, -0.05) is 42.1 Å². The third-order valence-electron chi connectivity index (χ3n) is 4.45. The van der Waals surface area contributed by atoms with Crippen LogP contribution in [0.2, 0.25) is 0 Å². The first kappa shape index (κ1) is 19.8. The SMILES string of the molecule is COc1ccc(OC)c(CSC2=NC(c3ccccc3)C(C(N)=O)=C(C)N2)c1. The van der Waals surface area contributed by atoms with Crippen LogP contribution in [-0.4, -0.2) is 25.3 Å². The van der Waals surface area contributed by atoms with Crippen molar-refractivity contribution in [3.63, 3.8) is 0 Å². The number of nitrogens with zero attached hydrogens (tertiary/aromatic N) is 1. The van der Waals surface area contributed by atoms with Gasteiger partial charge in [0.15, 0.2) is 5.17 Å². The van der Waals surface area contributed by atoms with Gasteiger partial charge >= 0.3 is 0 Å². The number of allylic oxidation sites excluding steroid dienone is 1. The number of nitrogens with one attached hydrogen (secondary N) is 1. The van der Waals surface area contributed by atoms with Gasteiger partial charge < -0.3 is 20.5 Å². The van der Waals surface area contributed by atoms with E-state index in [1.54, 1.807) is 14.2 Å². The lowest BCUT2D eigenvalue weighted by Gasteiger charge is -2.25. The normalized spacial score (nSPS) is 16.2. The molecule has 3 rings (SSSR count). The Labute approximate surface area is 168 Å². The van der Waals surface area contributed by atoms with Gasteiger partial charge in [-0.3, -0.25) is 4.79 Å². The van der Waals surface area contributed by atoms with E-state index in [0.29, 0.717) is 11.3 Å². The number of nitrogens with two attached hydrogens (primary N) is 1. The molecule has 1 aliphatic heterocycles. The van der Waals surface area contributed by atoms with Crippen LogP contribution in [0.5, 0.6) is 11.5 Å². The minimum absolute atomic E-state index is 0.422. The van der Waals surface area contributed by atoms with Crippen molar-refractivity contribution in [2.45, 2.75) is 18.7 Å². The van der Waals surface area contributed by atoms with Crippen LogP contribution in [0.25, 0.3) is 0 Å². The summed E-state index contributed by atoms with van der Waals surface area (Å²) in [5, 5.41) is 3.93. The Bertz CT molecular complexity index is 926. The number of rotatable bonds is 6. The second-order valence-electron chi connectivity index (χ2n) is 6.24. The van der Waals surface area contributed by atoms with E-state index in [0.717, 1.165) is 33.5 Å². The molecule has 1 amide bonds. The van der Waals surface area contributed by atoms with Crippen molar-refractivity contribution >= 4 is 22.8 Å². The van der Waals surface area contributed by atoms with E-state index in [4.69, 9.17) is 20.2 Å². The molecule has 1 atom stereocenters. The summed E-state index contributed by atoms with van der Waals surface area (Å²) in [5.41, 5.74) is 8.74. The molecule has 0 saturated carbocycles. The van der Waals surface area contributed by atoms with E-state index in [2.05, 4.69) is 5.32 Å².